The fraction of sp³-hybridized carbons (Fsp3) is 0.467. The molecule has 0 aromatic heterocycles. The van der Waals surface area contributed by atoms with E-state index in [1.54, 1.807) is 12.1 Å². The third-order valence-electron chi connectivity index (χ3n) is 3.10. The van der Waals surface area contributed by atoms with Crippen molar-refractivity contribution >= 4 is 29.4 Å². The van der Waals surface area contributed by atoms with Gasteiger partial charge in [-0.25, -0.2) is 4.79 Å². The van der Waals surface area contributed by atoms with Gasteiger partial charge >= 0.3 is 6.03 Å². The summed E-state index contributed by atoms with van der Waals surface area (Å²) in [5, 5.41) is 5.55. The Morgan fingerprint density at radius 1 is 1.32 bits per heavy atom. The SMILES string of the molecule is CC(=O)Nc1cccc(OCCNC(=O)N2CCSCC2)c1. The summed E-state index contributed by atoms with van der Waals surface area (Å²) >= 11 is 1.87. The summed E-state index contributed by atoms with van der Waals surface area (Å²) in [6.07, 6.45) is 0. The molecule has 1 fully saturated rings. The summed E-state index contributed by atoms with van der Waals surface area (Å²) < 4.78 is 5.58. The largest absolute Gasteiger partial charge is 0.492 e. The van der Waals surface area contributed by atoms with Gasteiger partial charge < -0.3 is 20.3 Å². The van der Waals surface area contributed by atoms with Crippen LogP contribution in [-0.4, -0.2) is 54.6 Å². The first-order valence-electron chi connectivity index (χ1n) is 7.26. The Morgan fingerprint density at radius 3 is 2.82 bits per heavy atom. The van der Waals surface area contributed by atoms with Crippen molar-refractivity contribution in [1.29, 1.82) is 0 Å². The van der Waals surface area contributed by atoms with E-state index in [1.165, 1.54) is 6.92 Å². The maximum atomic E-state index is 11.9. The molecule has 22 heavy (non-hydrogen) atoms. The molecule has 2 N–H and O–H groups in total. The molecule has 2 rings (SSSR count). The Balaban J connectivity index is 1.69. The first-order chi connectivity index (χ1) is 10.6. The van der Waals surface area contributed by atoms with E-state index in [2.05, 4.69) is 10.6 Å². The molecule has 1 aromatic rings. The molecule has 0 unspecified atom stereocenters. The molecule has 3 amide bonds. The van der Waals surface area contributed by atoms with E-state index in [1.807, 2.05) is 28.8 Å². The Hall–Kier alpha value is -1.89. The Bertz CT molecular complexity index is 519. The van der Waals surface area contributed by atoms with Gasteiger partial charge in [0.05, 0.1) is 6.54 Å². The van der Waals surface area contributed by atoms with Gasteiger partial charge in [0.15, 0.2) is 0 Å². The van der Waals surface area contributed by atoms with Gasteiger partial charge in [-0.2, -0.15) is 11.8 Å². The number of nitrogens with one attached hydrogen (secondary N) is 2. The summed E-state index contributed by atoms with van der Waals surface area (Å²) in [5.74, 6) is 2.54. The third-order valence-corrected chi connectivity index (χ3v) is 4.04. The Labute approximate surface area is 134 Å². The maximum Gasteiger partial charge on any atom is 0.317 e. The van der Waals surface area contributed by atoms with Crippen molar-refractivity contribution in [2.75, 3.05) is 43.1 Å². The molecule has 1 aliphatic rings. The minimum atomic E-state index is -0.121. The van der Waals surface area contributed by atoms with Crippen LogP contribution < -0.4 is 15.4 Å². The Kier molecular flexibility index (Phi) is 6.39. The fourth-order valence-corrected chi connectivity index (χ4v) is 2.98. The average Bonchev–Trinajstić information content (AvgIpc) is 2.52. The van der Waals surface area contributed by atoms with Crippen molar-refractivity contribution in [3.05, 3.63) is 24.3 Å². The fourth-order valence-electron chi connectivity index (χ4n) is 2.07. The van der Waals surface area contributed by atoms with Crippen molar-refractivity contribution in [3.8, 4) is 5.75 Å². The molecule has 6 nitrogen and oxygen atoms in total. The van der Waals surface area contributed by atoms with Crippen LogP contribution in [0.4, 0.5) is 10.5 Å². The molecule has 0 radical (unpaired) electrons. The first-order valence-corrected chi connectivity index (χ1v) is 8.41. The van der Waals surface area contributed by atoms with E-state index in [0.717, 1.165) is 24.6 Å². The van der Waals surface area contributed by atoms with Crippen LogP contribution >= 0.6 is 11.8 Å². The molecule has 7 heteroatoms. The zero-order valence-electron chi connectivity index (χ0n) is 12.6. The lowest BCUT2D eigenvalue weighted by Gasteiger charge is -2.26. The molecule has 1 aliphatic heterocycles. The van der Waals surface area contributed by atoms with Crippen molar-refractivity contribution in [1.82, 2.24) is 10.2 Å². The number of hydrogen-bond donors (Lipinski definition) is 2. The highest BCUT2D eigenvalue weighted by Gasteiger charge is 2.15. The second-order valence-electron chi connectivity index (χ2n) is 4.89. The summed E-state index contributed by atoms with van der Waals surface area (Å²) in [5.41, 5.74) is 0.694. The highest BCUT2D eigenvalue weighted by atomic mass is 32.2. The number of thioether (sulfide) groups is 1. The molecule has 1 saturated heterocycles. The smallest absolute Gasteiger partial charge is 0.317 e. The molecule has 1 heterocycles. The summed E-state index contributed by atoms with van der Waals surface area (Å²) in [6, 6.07) is 7.14. The zero-order valence-corrected chi connectivity index (χ0v) is 13.4. The number of carbonyl (C=O) groups excluding carboxylic acids is 2. The van der Waals surface area contributed by atoms with Gasteiger partial charge in [0.2, 0.25) is 5.91 Å². The number of hydrogen-bond acceptors (Lipinski definition) is 4. The predicted molar refractivity (Wildman–Crippen MR) is 88.5 cm³/mol. The number of urea groups is 1. The first kappa shape index (κ1) is 16.5. The monoisotopic (exact) mass is 323 g/mol. The lowest BCUT2D eigenvalue weighted by Crippen LogP contribution is -2.45. The van der Waals surface area contributed by atoms with Gasteiger partial charge in [0.25, 0.3) is 0 Å². The van der Waals surface area contributed by atoms with Crippen LogP contribution in [0.25, 0.3) is 0 Å². The quantitative estimate of drug-likeness (QED) is 0.811. The number of amides is 3. The number of anilines is 1. The summed E-state index contributed by atoms with van der Waals surface area (Å²) in [7, 11) is 0. The third kappa shape index (κ3) is 5.48. The van der Waals surface area contributed by atoms with E-state index < -0.39 is 0 Å². The van der Waals surface area contributed by atoms with E-state index >= 15 is 0 Å². The number of ether oxygens (including phenoxy) is 1. The zero-order chi connectivity index (χ0) is 15.8. The molecular weight excluding hydrogens is 302 g/mol. The van der Waals surface area contributed by atoms with Gasteiger partial charge in [-0.15, -0.1) is 0 Å². The van der Waals surface area contributed by atoms with Crippen LogP contribution in [0, 0.1) is 0 Å². The molecule has 0 saturated carbocycles. The normalized spacial score (nSPS) is 14.3. The highest BCUT2D eigenvalue weighted by molar-refractivity contribution is 7.99. The minimum Gasteiger partial charge on any atom is -0.492 e. The number of rotatable bonds is 5. The van der Waals surface area contributed by atoms with Crippen LogP contribution in [-0.2, 0) is 4.79 Å². The van der Waals surface area contributed by atoms with E-state index in [0.29, 0.717) is 24.6 Å². The van der Waals surface area contributed by atoms with Crippen LogP contribution in [0.5, 0.6) is 5.75 Å². The van der Waals surface area contributed by atoms with Gasteiger partial charge in [-0.05, 0) is 12.1 Å². The van der Waals surface area contributed by atoms with Crippen molar-refractivity contribution < 1.29 is 14.3 Å². The molecular formula is C15H21N3O3S. The predicted octanol–water partition coefficient (Wildman–Crippen LogP) is 1.78. The molecule has 0 spiro atoms. The average molecular weight is 323 g/mol. The standard InChI is InChI=1S/C15H21N3O3S/c1-12(19)17-13-3-2-4-14(11-13)21-8-5-16-15(20)18-6-9-22-10-7-18/h2-4,11H,5-10H2,1H3,(H,16,20)(H,17,19). The van der Waals surface area contributed by atoms with Gasteiger partial charge in [0, 0.05) is 43.3 Å². The highest BCUT2D eigenvalue weighted by Crippen LogP contribution is 2.17. The van der Waals surface area contributed by atoms with Crippen LogP contribution in [0.2, 0.25) is 0 Å². The Morgan fingerprint density at radius 2 is 2.09 bits per heavy atom. The maximum absolute atomic E-state index is 11.9. The van der Waals surface area contributed by atoms with E-state index in [4.69, 9.17) is 4.74 Å². The van der Waals surface area contributed by atoms with Crippen molar-refractivity contribution in [3.63, 3.8) is 0 Å². The van der Waals surface area contributed by atoms with Crippen molar-refractivity contribution in [2.24, 2.45) is 0 Å². The van der Waals surface area contributed by atoms with Crippen LogP contribution in [0.3, 0.4) is 0 Å². The lowest BCUT2D eigenvalue weighted by atomic mass is 10.3. The van der Waals surface area contributed by atoms with Crippen LogP contribution in [0.15, 0.2) is 24.3 Å². The lowest BCUT2D eigenvalue weighted by molar-refractivity contribution is -0.114. The summed E-state index contributed by atoms with van der Waals surface area (Å²) in [6.45, 7) is 3.90. The van der Waals surface area contributed by atoms with Gasteiger partial charge in [-0.3, -0.25) is 4.79 Å². The number of benzene rings is 1. The van der Waals surface area contributed by atoms with Crippen LogP contribution in [0.1, 0.15) is 6.92 Å². The van der Waals surface area contributed by atoms with E-state index in [-0.39, 0.29) is 11.9 Å². The second-order valence-corrected chi connectivity index (χ2v) is 6.11. The van der Waals surface area contributed by atoms with E-state index in [9.17, 15) is 9.59 Å². The molecule has 0 bridgehead atoms. The second kappa shape index (κ2) is 8.53. The topological polar surface area (TPSA) is 70.7 Å². The van der Waals surface area contributed by atoms with Gasteiger partial charge in [0.1, 0.15) is 12.4 Å². The molecule has 1 aromatic carbocycles. The van der Waals surface area contributed by atoms with Gasteiger partial charge in [-0.1, -0.05) is 6.07 Å². The number of nitrogens with zero attached hydrogens (tertiary/aromatic N) is 1. The number of carbonyl (C=O) groups is 2. The molecule has 0 atom stereocenters. The summed E-state index contributed by atoms with van der Waals surface area (Å²) in [4.78, 5) is 24.7. The minimum absolute atomic E-state index is 0.0316. The molecule has 0 aliphatic carbocycles. The van der Waals surface area contributed by atoms with Crippen molar-refractivity contribution in [2.45, 2.75) is 6.92 Å². The molecule has 120 valence electrons.